The van der Waals surface area contributed by atoms with E-state index in [1.807, 2.05) is 61.5 Å². The molecule has 1 aliphatic rings. The SMILES string of the molecule is COC1(C)c2ccccc2C(=O)N1c1ccccc1. The number of hydrogen-bond acceptors (Lipinski definition) is 2. The molecule has 3 nitrogen and oxygen atoms in total. The summed E-state index contributed by atoms with van der Waals surface area (Å²) in [5.74, 6) is -0.0221. The van der Waals surface area contributed by atoms with Gasteiger partial charge < -0.3 is 4.74 Å². The largest absolute Gasteiger partial charge is 0.354 e. The fourth-order valence-corrected chi connectivity index (χ4v) is 2.65. The third-order valence-corrected chi connectivity index (χ3v) is 3.70. The summed E-state index contributed by atoms with van der Waals surface area (Å²) in [6.45, 7) is 1.92. The van der Waals surface area contributed by atoms with E-state index < -0.39 is 5.72 Å². The Kier molecular flexibility index (Phi) is 2.64. The van der Waals surface area contributed by atoms with Gasteiger partial charge in [0.25, 0.3) is 5.91 Å². The van der Waals surface area contributed by atoms with Crippen LogP contribution in [-0.2, 0) is 10.5 Å². The van der Waals surface area contributed by atoms with Crippen LogP contribution in [-0.4, -0.2) is 13.0 Å². The number of nitrogens with zero attached hydrogens (tertiary/aromatic N) is 1. The highest BCUT2D eigenvalue weighted by atomic mass is 16.5. The molecule has 0 bridgehead atoms. The molecule has 0 radical (unpaired) electrons. The fourth-order valence-electron chi connectivity index (χ4n) is 2.65. The molecule has 96 valence electrons. The number of fused-ring (bicyclic) bond motifs is 1. The van der Waals surface area contributed by atoms with Crippen molar-refractivity contribution in [2.45, 2.75) is 12.6 Å². The van der Waals surface area contributed by atoms with Crippen LogP contribution in [0.5, 0.6) is 0 Å². The molecule has 1 heterocycles. The zero-order valence-electron chi connectivity index (χ0n) is 11.0. The van der Waals surface area contributed by atoms with Gasteiger partial charge in [-0.3, -0.25) is 9.69 Å². The number of benzene rings is 2. The fraction of sp³-hybridized carbons (Fsp3) is 0.188. The van der Waals surface area contributed by atoms with E-state index in [0.29, 0.717) is 5.56 Å². The van der Waals surface area contributed by atoms with E-state index in [0.717, 1.165) is 11.3 Å². The number of rotatable bonds is 2. The normalized spacial score (nSPS) is 21.6. The average molecular weight is 253 g/mol. The van der Waals surface area contributed by atoms with Crippen LogP contribution in [0.1, 0.15) is 22.8 Å². The molecule has 0 aromatic heterocycles. The summed E-state index contributed by atoms with van der Waals surface area (Å²) in [5, 5.41) is 0. The Hall–Kier alpha value is -2.13. The Balaban J connectivity index is 2.20. The second-order valence-electron chi connectivity index (χ2n) is 4.71. The maximum atomic E-state index is 12.6. The van der Waals surface area contributed by atoms with E-state index in [2.05, 4.69) is 0 Å². The Bertz CT molecular complexity index is 624. The lowest BCUT2D eigenvalue weighted by Crippen LogP contribution is -2.43. The predicted molar refractivity (Wildman–Crippen MR) is 74.1 cm³/mol. The molecular formula is C16H15NO2. The molecule has 1 amide bonds. The number of carbonyl (C=O) groups excluding carboxylic acids is 1. The highest BCUT2D eigenvalue weighted by molar-refractivity contribution is 6.11. The summed E-state index contributed by atoms with van der Waals surface area (Å²) in [6.07, 6.45) is 0. The van der Waals surface area contributed by atoms with Crippen molar-refractivity contribution in [2.75, 3.05) is 12.0 Å². The summed E-state index contributed by atoms with van der Waals surface area (Å²) in [5.41, 5.74) is 1.70. The second kappa shape index (κ2) is 4.21. The third-order valence-electron chi connectivity index (χ3n) is 3.70. The van der Waals surface area contributed by atoms with Crippen LogP contribution >= 0.6 is 0 Å². The number of ether oxygens (including phenoxy) is 1. The maximum absolute atomic E-state index is 12.6. The van der Waals surface area contributed by atoms with E-state index in [1.165, 1.54) is 0 Å². The monoisotopic (exact) mass is 253 g/mol. The number of carbonyl (C=O) groups is 1. The van der Waals surface area contributed by atoms with Crippen molar-refractivity contribution < 1.29 is 9.53 Å². The van der Waals surface area contributed by atoms with E-state index in [-0.39, 0.29) is 5.91 Å². The Morgan fingerprint density at radius 3 is 2.32 bits per heavy atom. The van der Waals surface area contributed by atoms with Crippen LogP contribution in [0, 0.1) is 0 Å². The summed E-state index contributed by atoms with van der Waals surface area (Å²) >= 11 is 0. The van der Waals surface area contributed by atoms with Crippen molar-refractivity contribution >= 4 is 11.6 Å². The number of methoxy groups -OCH3 is 1. The summed E-state index contributed by atoms with van der Waals surface area (Å²) in [6, 6.07) is 17.2. The van der Waals surface area contributed by atoms with Crippen molar-refractivity contribution in [1.82, 2.24) is 0 Å². The number of anilines is 1. The molecule has 0 saturated heterocycles. The lowest BCUT2D eigenvalue weighted by atomic mass is 10.0. The van der Waals surface area contributed by atoms with Gasteiger partial charge in [-0.25, -0.2) is 0 Å². The van der Waals surface area contributed by atoms with Gasteiger partial charge in [0.05, 0.1) is 0 Å². The van der Waals surface area contributed by atoms with Crippen molar-refractivity contribution in [2.24, 2.45) is 0 Å². The molecule has 19 heavy (non-hydrogen) atoms. The minimum absolute atomic E-state index is 0.0221. The first-order valence-electron chi connectivity index (χ1n) is 6.23. The molecule has 0 fully saturated rings. The number of amides is 1. The number of hydrogen-bond donors (Lipinski definition) is 0. The first kappa shape index (κ1) is 11.9. The van der Waals surface area contributed by atoms with Crippen LogP contribution < -0.4 is 4.90 Å². The standard InChI is InChI=1S/C16H15NO2/c1-16(19-2)14-11-7-6-10-13(14)15(18)17(16)12-8-4-3-5-9-12/h3-11H,1-2H3. The molecule has 0 aliphatic carbocycles. The highest BCUT2D eigenvalue weighted by Gasteiger charge is 2.47. The summed E-state index contributed by atoms with van der Waals surface area (Å²) in [4.78, 5) is 14.3. The minimum atomic E-state index is -0.755. The van der Waals surface area contributed by atoms with Crippen LogP contribution in [0.2, 0.25) is 0 Å². The quantitative estimate of drug-likeness (QED) is 0.822. The molecule has 2 aromatic carbocycles. The smallest absolute Gasteiger partial charge is 0.261 e. The van der Waals surface area contributed by atoms with Crippen molar-refractivity contribution in [3.63, 3.8) is 0 Å². The molecule has 0 spiro atoms. The van der Waals surface area contributed by atoms with Gasteiger partial charge in [-0.05, 0) is 25.1 Å². The zero-order valence-corrected chi connectivity index (χ0v) is 11.0. The van der Waals surface area contributed by atoms with Gasteiger partial charge in [0.2, 0.25) is 0 Å². The summed E-state index contributed by atoms with van der Waals surface area (Å²) < 4.78 is 5.67. The molecule has 0 saturated carbocycles. The van der Waals surface area contributed by atoms with E-state index in [9.17, 15) is 4.79 Å². The van der Waals surface area contributed by atoms with Gasteiger partial charge in [-0.1, -0.05) is 36.4 Å². The Morgan fingerprint density at radius 1 is 1.00 bits per heavy atom. The highest BCUT2D eigenvalue weighted by Crippen LogP contribution is 2.42. The van der Waals surface area contributed by atoms with Crippen molar-refractivity contribution in [3.05, 3.63) is 65.7 Å². The Labute approximate surface area is 112 Å². The molecule has 1 aliphatic heterocycles. The van der Waals surface area contributed by atoms with Crippen molar-refractivity contribution in [3.8, 4) is 0 Å². The molecule has 3 rings (SSSR count). The van der Waals surface area contributed by atoms with Gasteiger partial charge in [0.1, 0.15) is 0 Å². The lowest BCUT2D eigenvalue weighted by molar-refractivity contribution is 0.00784. The first-order valence-corrected chi connectivity index (χ1v) is 6.23. The lowest BCUT2D eigenvalue weighted by Gasteiger charge is -2.34. The molecule has 0 N–H and O–H groups in total. The van der Waals surface area contributed by atoms with Crippen LogP contribution in [0.25, 0.3) is 0 Å². The second-order valence-corrected chi connectivity index (χ2v) is 4.71. The third kappa shape index (κ3) is 1.59. The first-order chi connectivity index (χ1) is 9.18. The minimum Gasteiger partial charge on any atom is -0.354 e. The molecular weight excluding hydrogens is 238 g/mol. The van der Waals surface area contributed by atoms with E-state index >= 15 is 0 Å². The van der Waals surface area contributed by atoms with E-state index in [1.54, 1.807) is 12.0 Å². The van der Waals surface area contributed by atoms with Gasteiger partial charge in [-0.2, -0.15) is 0 Å². The van der Waals surface area contributed by atoms with Gasteiger partial charge in [-0.15, -0.1) is 0 Å². The van der Waals surface area contributed by atoms with Crippen LogP contribution in [0.3, 0.4) is 0 Å². The van der Waals surface area contributed by atoms with Gasteiger partial charge in [0, 0.05) is 23.9 Å². The topological polar surface area (TPSA) is 29.5 Å². The van der Waals surface area contributed by atoms with Crippen molar-refractivity contribution in [1.29, 1.82) is 0 Å². The van der Waals surface area contributed by atoms with E-state index in [4.69, 9.17) is 4.74 Å². The summed E-state index contributed by atoms with van der Waals surface area (Å²) in [7, 11) is 1.63. The van der Waals surface area contributed by atoms with Gasteiger partial charge >= 0.3 is 0 Å². The zero-order chi connectivity index (χ0) is 13.5. The Morgan fingerprint density at radius 2 is 1.63 bits per heavy atom. The molecule has 1 unspecified atom stereocenters. The predicted octanol–water partition coefficient (Wildman–Crippen LogP) is 3.17. The number of para-hydroxylation sites is 1. The van der Waals surface area contributed by atoms with Crippen LogP contribution in [0.15, 0.2) is 54.6 Å². The average Bonchev–Trinajstić information content (AvgIpc) is 2.70. The molecule has 3 heteroatoms. The molecule has 1 atom stereocenters. The molecule has 2 aromatic rings. The van der Waals surface area contributed by atoms with Gasteiger partial charge in [0.15, 0.2) is 5.72 Å². The maximum Gasteiger partial charge on any atom is 0.261 e. The van der Waals surface area contributed by atoms with Crippen LogP contribution in [0.4, 0.5) is 5.69 Å².